The summed E-state index contributed by atoms with van der Waals surface area (Å²) in [5.41, 5.74) is 11.4. The fourth-order valence-corrected chi connectivity index (χ4v) is 3.43. The van der Waals surface area contributed by atoms with Crippen molar-refractivity contribution in [2.24, 2.45) is 15.9 Å². The molecule has 0 saturated carbocycles. The standard InChI is InChI=1S/C20H18N4O3S/c21-20(22)24-28(26,27)18-9-7-17(8-10-18)23-12-11-19(25)16-6-5-14-3-1-2-4-15(14)13-16/h1-13,23H,(H4,21,22,24)/b12-11-. The van der Waals surface area contributed by atoms with Gasteiger partial charge in [-0.3, -0.25) is 4.79 Å². The van der Waals surface area contributed by atoms with E-state index >= 15 is 0 Å². The molecule has 0 aliphatic rings. The average molecular weight is 394 g/mol. The lowest BCUT2D eigenvalue weighted by Crippen LogP contribution is -2.24. The SMILES string of the molecule is NC(N)=NS(=O)(=O)c1ccc(N/C=C\C(=O)c2ccc3ccccc3c2)cc1. The van der Waals surface area contributed by atoms with Crippen LogP contribution in [0, 0.1) is 0 Å². The van der Waals surface area contributed by atoms with Gasteiger partial charge < -0.3 is 16.8 Å². The Hall–Kier alpha value is -3.65. The Balaban J connectivity index is 1.68. The molecule has 5 N–H and O–H groups in total. The first kappa shape index (κ1) is 19.1. The van der Waals surface area contributed by atoms with Gasteiger partial charge in [0.05, 0.1) is 4.90 Å². The number of guanidine groups is 1. The van der Waals surface area contributed by atoms with E-state index in [1.807, 2.05) is 36.4 Å². The second kappa shape index (κ2) is 7.93. The quantitative estimate of drug-likeness (QED) is 0.255. The number of carbonyl (C=O) groups is 1. The zero-order valence-corrected chi connectivity index (χ0v) is 15.6. The predicted molar refractivity (Wildman–Crippen MR) is 110 cm³/mol. The number of sulfonamides is 1. The molecule has 3 aromatic carbocycles. The molecule has 0 atom stereocenters. The number of rotatable bonds is 6. The molecule has 0 amide bonds. The van der Waals surface area contributed by atoms with E-state index in [2.05, 4.69) is 9.71 Å². The highest BCUT2D eigenvalue weighted by molar-refractivity contribution is 7.90. The summed E-state index contributed by atoms with van der Waals surface area (Å²) in [6.45, 7) is 0. The number of nitrogens with two attached hydrogens (primary N) is 2. The Labute approximate surface area is 162 Å². The number of nitrogens with zero attached hydrogens (tertiary/aromatic N) is 1. The van der Waals surface area contributed by atoms with Crippen LogP contribution in [0.25, 0.3) is 10.8 Å². The molecule has 0 radical (unpaired) electrons. The third kappa shape index (κ3) is 4.54. The number of benzene rings is 3. The average Bonchev–Trinajstić information content (AvgIpc) is 2.67. The molecule has 8 heteroatoms. The van der Waals surface area contributed by atoms with E-state index in [1.54, 1.807) is 18.2 Å². The molecule has 0 saturated heterocycles. The Morgan fingerprint density at radius 1 is 0.929 bits per heavy atom. The van der Waals surface area contributed by atoms with Gasteiger partial charge in [-0.1, -0.05) is 36.4 Å². The monoisotopic (exact) mass is 394 g/mol. The molecule has 142 valence electrons. The number of carbonyl (C=O) groups excluding carboxylic acids is 1. The van der Waals surface area contributed by atoms with Gasteiger partial charge in [-0.15, -0.1) is 4.40 Å². The number of anilines is 1. The van der Waals surface area contributed by atoms with E-state index in [-0.39, 0.29) is 10.7 Å². The van der Waals surface area contributed by atoms with Crippen molar-refractivity contribution in [3.63, 3.8) is 0 Å². The van der Waals surface area contributed by atoms with Crippen molar-refractivity contribution in [2.75, 3.05) is 5.32 Å². The Kier molecular flexibility index (Phi) is 5.42. The molecule has 3 rings (SSSR count). The molecule has 0 bridgehead atoms. The number of hydrogen-bond acceptors (Lipinski definition) is 4. The van der Waals surface area contributed by atoms with Gasteiger partial charge >= 0.3 is 0 Å². The molecular weight excluding hydrogens is 376 g/mol. The maximum absolute atomic E-state index is 12.3. The van der Waals surface area contributed by atoms with E-state index in [9.17, 15) is 13.2 Å². The zero-order chi connectivity index (χ0) is 20.1. The van der Waals surface area contributed by atoms with Crippen molar-refractivity contribution < 1.29 is 13.2 Å². The fourth-order valence-electron chi connectivity index (χ4n) is 2.57. The first-order valence-corrected chi connectivity index (χ1v) is 9.71. The Morgan fingerprint density at radius 3 is 2.29 bits per heavy atom. The van der Waals surface area contributed by atoms with Crippen LogP contribution in [0.15, 0.2) is 88.3 Å². The maximum Gasteiger partial charge on any atom is 0.285 e. The van der Waals surface area contributed by atoms with E-state index < -0.39 is 16.0 Å². The smallest absolute Gasteiger partial charge is 0.285 e. The summed E-state index contributed by atoms with van der Waals surface area (Å²) < 4.78 is 27.0. The first-order valence-electron chi connectivity index (χ1n) is 8.27. The third-order valence-corrected chi connectivity index (χ3v) is 5.22. The van der Waals surface area contributed by atoms with Crippen molar-refractivity contribution in [3.05, 3.63) is 84.6 Å². The van der Waals surface area contributed by atoms with Gasteiger partial charge in [0.2, 0.25) is 5.96 Å². The van der Waals surface area contributed by atoms with Crippen LogP contribution in [-0.4, -0.2) is 20.2 Å². The van der Waals surface area contributed by atoms with Gasteiger partial charge in [-0.05, 0) is 41.1 Å². The molecular formula is C20H18N4O3S. The van der Waals surface area contributed by atoms with Gasteiger partial charge in [0.25, 0.3) is 10.0 Å². The molecule has 0 aliphatic carbocycles. The second-order valence-electron chi connectivity index (χ2n) is 5.92. The summed E-state index contributed by atoms with van der Waals surface area (Å²) in [6.07, 6.45) is 2.91. The number of ketones is 1. The van der Waals surface area contributed by atoms with Crippen molar-refractivity contribution in [1.29, 1.82) is 0 Å². The summed E-state index contributed by atoms with van der Waals surface area (Å²) in [4.78, 5) is 12.3. The largest absolute Gasteiger partial charge is 0.369 e. The number of fused-ring (bicyclic) bond motifs is 1. The van der Waals surface area contributed by atoms with Crippen molar-refractivity contribution in [2.45, 2.75) is 4.90 Å². The molecule has 0 heterocycles. The van der Waals surface area contributed by atoms with Gasteiger partial charge in [0, 0.05) is 23.5 Å². The van der Waals surface area contributed by atoms with Crippen molar-refractivity contribution in [1.82, 2.24) is 0 Å². The lowest BCUT2D eigenvalue weighted by atomic mass is 10.0. The van der Waals surface area contributed by atoms with Crippen LogP contribution in [0.5, 0.6) is 0 Å². The molecule has 0 spiro atoms. The summed E-state index contributed by atoms with van der Waals surface area (Å²) in [5.74, 6) is -0.678. The lowest BCUT2D eigenvalue weighted by Gasteiger charge is -2.03. The summed E-state index contributed by atoms with van der Waals surface area (Å²) in [5, 5.41) is 4.98. The minimum atomic E-state index is -3.93. The fraction of sp³-hybridized carbons (Fsp3) is 0. The molecule has 0 aliphatic heterocycles. The Bertz CT molecular complexity index is 1180. The summed E-state index contributed by atoms with van der Waals surface area (Å²) >= 11 is 0. The topological polar surface area (TPSA) is 128 Å². The van der Waals surface area contributed by atoms with Crippen molar-refractivity contribution in [3.8, 4) is 0 Å². The van der Waals surface area contributed by atoms with Gasteiger partial charge in [0.1, 0.15) is 0 Å². The molecule has 0 aromatic heterocycles. The van der Waals surface area contributed by atoms with Crippen LogP contribution in [0.4, 0.5) is 5.69 Å². The highest BCUT2D eigenvalue weighted by atomic mass is 32.2. The normalized spacial score (nSPS) is 11.4. The van der Waals surface area contributed by atoms with Crippen molar-refractivity contribution >= 4 is 38.2 Å². The van der Waals surface area contributed by atoms with E-state index in [1.165, 1.54) is 24.4 Å². The first-order chi connectivity index (χ1) is 13.3. The highest BCUT2D eigenvalue weighted by Crippen LogP contribution is 2.17. The van der Waals surface area contributed by atoms with Crippen LogP contribution in [0.2, 0.25) is 0 Å². The van der Waals surface area contributed by atoms with E-state index in [4.69, 9.17) is 11.5 Å². The van der Waals surface area contributed by atoms with Crippen LogP contribution in [0.3, 0.4) is 0 Å². The molecule has 28 heavy (non-hydrogen) atoms. The number of allylic oxidation sites excluding steroid dienone is 1. The summed E-state index contributed by atoms with van der Waals surface area (Å²) in [7, 11) is -3.93. The lowest BCUT2D eigenvalue weighted by molar-refractivity contribution is 0.104. The minimum Gasteiger partial charge on any atom is -0.369 e. The Morgan fingerprint density at radius 2 is 1.61 bits per heavy atom. The number of hydrogen-bond donors (Lipinski definition) is 3. The van der Waals surface area contributed by atoms with Gasteiger partial charge in [-0.2, -0.15) is 8.42 Å². The van der Waals surface area contributed by atoms with Gasteiger partial charge in [0.15, 0.2) is 5.78 Å². The minimum absolute atomic E-state index is 0.0392. The predicted octanol–water partition coefficient (Wildman–Crippen LogP) is 2.61. The molecule has 3 aromatic rings. The second-order valence-corrected chi connectivity index (χ2v) is 7.52. The zero-order valence-electron chi connectivity index (χ0n) is 14.7. The molecule has 0 unspecified atom stereocenters. The van der Waals surface area contributed by atoms with E-state index in [0.29, 0.717) is 11.3 Å². The third-order valence-electron chi connectivity index (χ3n) is 3.90. The molecule has 7 nitrogen and oxygen atoms in total. The van der Waals surface area contributed by atoms with Crippen LogP contribution < -0.4 is 16.8 Å². The molecule has 0 fully saturated rings. The number of nitrogens with one attached hydrogen (secondary N) is 1. The van der Waals surface area contributed by atoms with Crippen LogP contribution >= 0.6 is 0 Å². The highest BCUT2D eigenvalue weighted by Gasteiger charge is 2.12. The summed E-state index contributed by atoms with van der Waals surface area (Å²) in [6, 6.07) is 19.1. The van der Waals surface area contributed by atoms with Gasteiger partial charge in [-0.25, -0.2) is 0 Å². The maximum atomic E-state index is 12.3. The van der Waals surface area contributed by atoms with Crippen LogP contribution in [-0.2, 0) is 10.0 Å². The van der Waals surface area contributed by atoms with Crippen LogP contribution in [0.1, 0.15) is 10.4 Å². The van der Waals surface area contributed by atoms with E-state index in [0.717, 1.165) is 10.8 Å².